The molecule has 0 unspecified atom stereocenters. The smallest absolute Gasteiger partial charge is 0.338 e. The molecule has 0 N–H and O–H groups in total. The highest BCUT2D eigenvalue weighted by Crippen LogP contribution is 2.28. The van der Waals surface area contributed by atoms with Gasteiger partial charge in [-0.3, -0.25) is 0 Å². The summed E-state index contributed by atoms with van der Waals surface area (Å²) in [6, 6.07) is 5.01. The maximum absolute atomic E-state index is 12.0. The molecule has 104 valence electrons. The van der Waals surface area contributed by atoms with Crippen molar-refractivity contribution in [2.24, 2.45) is 0 Å². The van der Waals surface area contributed by atoms with Crippen molar-refractivity contribution >= 4 is 5.97 Å². The number of carbonyl (C=O) groups excluding carboxylic acids is 1. The molecule has 0 bridgehead atoms. The summed E-state index contributed by atoms with van der Waals surface area (Å²) in [5.41, 5.74) is 0.451. The average molecular weight is 266 g/mol. The van der Waals surface area contributed by atoms with E-state index in [1.807, 2.05) is 6.92 Å². The fourth-order valence-electron chi connectivity index (χ4n) is 1.89. The molecule has 1 aromatic rings. The first-order chi connectivity index (χ1) is 9.24. The maximum atomic E-state index is 12.0. The van der Waals surface area contributed by atoms with Crippen LogP contribution in [0.1, 0.15) is 23.7 Å². The van der Waals surface area contributed by atoms with Crippen molar-refractivity contribution < 1.29 is 23.7 Å². The van der Waals surface area contributed by atoms with Crippen LogP contribution in [0.3, 0.4) is 0 Å². The lowest BCUT2D eigenvalue weighted by atomic mass is 10.2. The molecule has 5 nitrogen and oxygen atoms in total. The summed E-state index contributed by atoms with van der Waals surface area (Å²) < 4.78 is 21.1. The summed E-state index contributed by atoms with van der Waals surface area (Å²) >= 11 is 0. The van der Waals surface area contributed by atoms with Crippen LogP contribution >= 0.6 is 0 Å². The first-order valence-corrected chi connectivity index (χ1v) is 6.34. The highest BCUT2D eigenvalue weighted by molar-refractivity contribution is 5.90. The standard InChI is InChI=1S/C14H18O5/c1-3-18-12-5-4-10(8-13(12)16-2)14(15)19-11-6-7-17-9-11/h4-5,8,11H,3,6-7,9H2,1-2H3/t11-/m1/s1. The number of carbonyl (C=O) groups is 1. The van der Waals surface area contributed by atoms with Gasteiger partial charge >= 0.3 is 5.97 Å². The zero-order valence-electron chi connectivity index (χ0n) is 11.2. The number of ether oxygens (including phenoxy) is 4. The van der Waals surface area contributed by atoms with Gasteiger partial charge in [0, 0.05) is 6.42 Å². The predicted molar refractivity (Wildman–Crippen MR) is 68.8 cm³/mol. The molecule has 19 heavy (non-hydrogen) atoms. The van der Waals surface area contributed by atoms with E-state index in [9.17, 15) is 4.79 Å². The summed E-state index contributed by atoms with van der Waals surface area (Å²) in [5.74, 6) is 0.779. The second-order valence-corrected chi connectivity index (χ2v) is 4.19. The van der Waals surface area contributed by atoms with Gasteiger partial charge < -0.3 is 18.9 Å². The summed E-state index contributed by atoms with van der Waals surface area (Å²) in [6.07, 6.45) is 0.602. The molecule has 0 spiro atoms. The van der Waals surface area contributed by atoms with Gasteiger partial charge in [-0.15, -0.1) is 0 Å². The van der Waals surface area contributed by atoms with Crippen molar-refractivity contribution in [2.75, 3.05) is 26.9 Å². The number of hydrogen-bond donors (Lipinski definition) is 0. The van der Waals surface area contributed by atoms with E-state index in [0.29, 0.717) is 36.9 Å². The molecule has 1 saturated heterocycles. The summed E-state index contributed by atoms with van der Waals surface area (Å²) in [7, 11) is 1.54. The Labute approximate surface area is 112 Å². The monoisotopic (exact) mass is 266 g/mol. The second-order valence-electron chi connectivity index (χ2n) is 4.19. The van der Waals surface area contributed by atoms with Crippen LogP contribution in [0.2, 0.25) is 0 Å². The third kappa shape index (κ3) is 3.38. The zero-order valence-corrected chi connectivity index (χ0v) is 11.2. The van der Waals surface area contributed by atoms with Gasteiger partial charge in [0.1, 0.15) is 6.10 Å². The molecular formula is C14H18O5. The van der Waals surface area contributed by atoms with Crippen molar-refractivity contribution in [3.63, 3.8) is 0 Å². The molecule has 1 atom stereocenters. The number of rotatable bonds is 5. The molecule has 0 amide bonds. The van der Waals surface area contributed by atoms with E-state index >= 15 is 0 Å². The molecular weight excluding hydrogens is 248 g/mol. The maximum Gasteiger partial charge on any atom is 0.338 e. The molecule has 1 aromatic carbocycles. The lowest BCUT2D eigenvalue weighted by molar-refractivity contribution is 0.0270. The summed E-state index contributed by atoms with van der Waals surface area (Å²) in [5, 5.41) is 0. The molecule has 1 aliphatic rings. The quantitative estimate of drug-likeness (QED) is 0.763. The SMILES string of the molecule is CCOc1ccc(C(=O)O[C@@H]2CCOC2)cc1OC. The Morgan fingerprint density at radius 2 is 2.26 bits per heavy atom. The zero-order chi connectivity index (χ0) is 13.7. The van der Waals surface area contributed by atoms with E-state index in [1.54, 1.807) is 18.2 Å². The first-order valence-electron chi connectivity index (χ1n) is 6.34. The molecule has 0 radical (unpaired) electrons. The number of hydrogen-bond acceptors (Lipinski definition) is 5. The van der Waals surface area contributed by atoms with Crippen molar-refractivity contribution in [2.45, 2.75) is 19.4 Å². The highest BCUT2D eigenvalue weighted by Gasteiger charge is 2.21. The Hall–Kier alpha value is -1.75. The van der Waals surface area contributed by atoms with Gasteiger partial charge in [-0.2, -0.15) is 0 Å². The third-order valence-corrected chi connectivity index (χ3v) is 2.86. The van der Waals surface area contributed by atoms with Crippen LogP contribution in [0.25, 0.3) is 0 Å². The topological polar surface area (TPSA) is 54.0 Å². The van der Waals surface area contributed by atoms with Gasteiger partial charge in [-0.25, -0.2) is 4.79 Å². The fourth-order valence-corrected chi connectivity index (χ4v) is 1.89. The Balaban J connectivity index is 2.08. The van der Waals surface area contributed by atoms with Crippen LogP contribution < -0.4 is 9.47 Å². The Kier molecular flexibility index (Phi) is 4.63. The molecule has 0 aromatic heterocycles. The van der Waals surface area contributed by atoms with Crippen LogP contribution in [-0.4, -0.2) is 39.0 Å². The Bertz CT molecular complexity index is 437. The molecule has 1 heterocycles. The van der Waals surface area contributed by atoms with E-state index in [0.717, 1.165) is 6.42 Å². The van der Waals surface area contributed by atoms with Crippen molar-refractivity contribution in [3.8, 4) is 11.5 Å². The van der Waals surface area contributed by atoms with E-state index in [4.69, 9.17) is 18.9 Å². The molecule has 2 rings (SSSR count). The van der Waals surface area contributed by atoms with E-state index < -0.39 is 0 Å². The minimum atomic E-state index is -0.364. The largest absolute Gasteiger partial charge is 0.493 e. The Morgan fingerprint density at radius 3 is 2.89 bits per heavy atom. The van der Waals surface area contributed by atoms with Gasteiger partial charge in [-0.05, 0) is 25.1 Å². The van der Waals surface area contributed by atoms with Gasteiger partial charge in [0.2, 0.25) is 0 Å². The summed E-state index contributed by atoms with van der Waals surface area (Å²) in [6.45, 7) is 3.55. The van der Waals surface area contributed by atoms with Gasteiger partial charge in [0.25, 0.3) is 0 Å². The van der Waals surface area contributed by atoms with Gasteiger partial charge in [0.15, 0.2) is 11.5 Å². The third-order valence-electron chi connectivity index (χ3n) is 2.86. The van der Waals surface area contributed by atoms with Crippen molar-refractivity contribution in [3.05, 3.63) is 23.8 Å². The lowest BCUT2D eigenvalue weighted by Gasteiger charge is -2.12. The molecule has 0 aliphatic carbocycles. The number of benzene rings is 1. The summed E-state index contributed by atoms with van der Waals surface area (Å²) in [4.78, 5) is 12.0. The highest BCUT2D eigenvalue weighted by atomic mass is 16.6. The van der Waals surface area contributed by atoms with E-state index in [1.165, 1.54) is 7.11 Å². The first kappa shape index (κ1) is 13.7. The van der Waals surface area contributed by atoms with Crippen LogP contribution in [0, 0.1) is 0 Å². The average Bonchev–Trinajstić information content (AvgIpc) is 2.92. The molecule has 1 aliphatic heterocycles. The predicted octanol–water partition coefficient (Wildman–Crippen LogP) is 2.04. The van der Waals surface area contributed by atoms with E-state index in [2.05, 4.69) is 0 Å². The second kappa shape index (κ2) is 6.43. The molecule has 0 saturated carbocycles. The van der Waals surface area contributed by atoms with Crippen molar-refractivity contribution in [1.82, 2.24) is 0 Å². The minimum absolute atomic E-state index is 0.148. The molecule has 1 fully saturated rings. The number of methoxy groups -OCH3 is 1. The Morgan fingerprint density at radius 1 is 1.42 bits per heavy atom. The van der Waals surface area contributed by atoms with Gasteiger partial charge in [-0.1, -0.05) is 0 Å². The minimum Gasteiger partial charge on any atom is -0.493 e. The van der Waals surface area contributed by atoms with Gasteiger partial charge in [0.05, 0.1) is 32.5 Å². The molecule has 5 heteroatoms. The van der Waals surface area contributed by atoms with E-state index in [-0.39, 0.29) is 12.1 Å². The van der Waals surface area contributed by atoms with Crippen LogP contribution in [0.5, 0.6) is 11.5 Å². The normalized spacial score (nSPS) is 18.1. The number of esters is 1. The van der Waals surface area contributed by atoms with Crippen LogP contribution in [0.4, 0.5) is 0 Å². The van der Waals surface area contributed by atoms with Crippen LogP contribution in [-0.2, 0) is 9.47 Å². The van der Waals surface area contributed by atoms with Crippen molar-refractivity contribution in [1.29, 1.82) is 0 Å². The lowest BCUT2D eigenvalue weighted by Crippen LogP contribution is -2.18. The van der Waals surface area contributed by atoms with Crippen LogP contribution in [0.15, 0.2) is 18.2 Å². The fraction of sp³-hybridized carbons (Fsp3) is 0.500.